The minimum Gasteiger partial charge on any atom is -0.330 e. The fraction of sp³-hybridized carbons (Fsp3) is 0.750. The van der Waals surface area contributed by atoms with Gasteiger partial charge in [0.05, 0.1) is 6.54 Å². The molecular weight excluding hydrogens is 202 g/mol. The monoisotopic (exact) mass is 225 g/mol. The molecule has 0 aromatic heterocycles. The zero-order valence-electron chi connectivity index (χ0n) is 10.4. The van der Waals surface area contributed by atoms with Crippen LogP contribution >= 0.6 is 0 Å². The van der Waals surface area contributed by atoms with Gasteiger partial charge in [-0.25, -0.2) is 0 Å². The summed E-state index contributed by atoms with van der Waals surface area (Å²) in [4.78, 5) is 15.7. The molecule has 0 spiro atoms. The summed E-state index contributed by atoms with van der Waals surface area (Å²) in [5.74, 6) is 0.174. The van der Waals surface area contributed by atoms with Gasteiger partial charge >= 0.3 is 0 Å². The second-order valence-electron chi connectivity index (χ2n) is 4.42. The van der Waals surface area contributed by atoms with Crippen molar-refractivity contribution in [2.45, 2.75) is 25.7 Å². The van der Waals surface area contributed by atoms with Gasteiger partial charge in [-0.1, -0.05) is 6.08 Å². The Morgan fingerprint density at radius 1 is 1.50 bits per heavy atom. The van der Waals surface area contributed by atoms with Crippen LogP contribution in [0, 0.1) is 0 Å². The van der Waals surface area contributed by atoms with E-state index in [0.717, 1.165) is 25.8 Å². The first kappa shape index (κ1) is 13.2. The van der Waals surface area contributed by atoms with E-state index >= 15 is 0 Å². The molecule has 0 aromatic rings. The minimum absolute atomic E-state index is 0.174. The summed E-state index contributed by atoms with van der Waals surface area (Å²) in [7, 11) is 3.83. The molecule has 1 aliphatic rings. The predicted molar refractivity (Wildman–Crippen MR) is 65.9 cm³/mol. The summed E-state index contributed by atoms with van der Waals surface area (Å²) >= 11 is 0. The lowest BCUT2D eigenvalue weighted by atomic mass is 10.3. The van der Waals surface area contributed by atoms with E-state index in [0.29, 0.717) is 13.1 Å². The smallest absolute Gasteiger partial charge is 0.240 e. The molecule has 0 heterocycles. The third-order valence-corrected chi connectivity index (χ3v) is 2.97. The number of nitrogens with two attached hydrogens (primary N) is 1. The molecule has 2 N–H and O–H groups in total. The number of hydrogen-bond acceptors (Lipinski definition) is 3. The van der Waals surface area contributed by atoms with Gasteiger partial charge in [-0.3, -0.25) is 9.69 Å². The van der Waals surface area contributed by atoms with E-state index in [9.17, 15) is 4.79 Å². The van der Waals surface area contributed by atoms with E-state index in [1.165, 1.54) is 12.1 Å². The normalized spacial score (nSPS) is 15.4. The molecule has 1 aliphatic carbocycles. The maximum atomic E-state index is 11.9. The number of nitrogens with zero attached hydrogens (tertiary/aromatic N) is 2. The molecule has 0 atom stereocenters. The van der Waals surface area contributed by atoms with Crippen molar-refractivity contribution in [3.05, 3.63) is 11.8 Å². The van der Waals surface area contributed by atoms with Crippen LogP contribution in [0.2, 0.25) is 0 Å². The first-order valence-electron chi connectivity index (χ1n) is 5.99. The predicted octanol–water partition coefficient (Wildman–Crippen LogP) is 0.793. The molecule has 0 radical (unpaired) electrons. The van der Waals surface area contributed by atoms with Gasteiger partial charge < -0.3 is 10.6 Å². The lowest BCUT2D eigenvalue weighted by molar-refractivity contribution is -0.129. The van der Waals surface area contributed by atoms with Crippen LogP contribution in [0.25, 0.3) is 0 Å². The Bertz CT molecular complexity index is 263. The van der Waals surface area contributed by atoms with Gasteiger partial charge in [0.2, 0.25) is 5.91 Å². The van der Waals surface area contributed by atoms with Gasteiger partial charge in [0.25, 0.3) is 0 Å². The summed E-state index contributed by atoms with van der Waals surface area (Å²) in [5, 5.41) is 0. The van der Waals surface area contributed by atoms with Gasteiger partial charge in [-0.2, -0.15) is 0 Å². The third kappa shape index (κ3) is 3.94. The van der Waals surface area contributed by atoms with Crippen molar-refractivity contribution in [3.63, 3.8) is 0 Å². The molecule has 1 rings (SSSR count). The maximum Gasteiger partial charge on any atom is 0.240 e. The van der Waals surface area contributed by atoms with Crippen molar-refractivity contribution >= 4 is 5.91 Å². The van der Waals surface area contributed by atoms with Crippen molar-refractivity contribution in [2.24, 2.45) is 5.73 Å². The standard InChI is InChI=1S/C12H23N3O/c1-14(9-5-8-13)10-12(16)15(2)11-6-3-4-7-11/h6H,3-5,7-10,13H2,1-2H3. The third-order valence-electron chi connectivity index (χ3n) is 2.97. The molecule has 16 heavy (non-hydrogen) atoms. The van der Waals surface area contributed by atoms with Crippen molar-refractivity contribution in [1.82, 2.24) is 9.80 Å². The lowest BCUT2D eigenvalue weighted by Crippen LogP contribution is -2.36. The van der Waals surface area contributed by atoms with E-state index in [1.54, 1.807) is 4.90 Å². The molecule has 4 nitrogen and oxygen atoms in total. The van der Waals surface area contributed by atoms with Crippen molar-refractivity contribution in [1.29, 1.82) is 0 Å². The SMILES string of the molecule is CN(CCCN)CC(=O)N(C)C1=CCCC1. The number of rotatable bonds is 6. The molecule has 0 aromatic carbocycles. The second kappa shape index (κ2) is 6.66. The zero-order valence-corrected chi connectivity index (χ0v) is 10.4. The first-order valence-corrected chi connectivity index (χ1v) is 5.99. The average molecular weight is 225 g/mol. The Morgan fingerprint density at radius 2 is 2.25 bits per heavy atom. The first-order chi connectivity index (χ1) is 7.65. The second-order valence-corrected chi connectivity index (χ2v) is 4.42. The van der Waals surface area contributed by atoms with Gasteiger partial charge in [0, 0.05) is 12.7 Å². The largest absolute Gasteiger partial charge is 0.330 e. The van der Waals surface area contributed by atoms with Gasteiger partial charge in [-0.15, -0.1) is 0 Å². The highest BCUT2D eigenvalue weighted by atomic mass is 16.2. The minimum atomic E-state index is 0.174. The van der Waals surface area contributed by atoms with Gasteiger partial charge in [0.1, 0.15) is 0 Å². The lowest BCUT2D eigenvalue weighted by Gasteiger charge is -2.22. The molecule has 4 heteroatoms. The Balaban J connectivity index is 2.33. The quantitative estimate of drug-likeness (QED) is 0.727. The highest BCUT2D eigenvalue weighted by Gasteiger charge is 2.16. The van der Waals surface area contributed by atoms with Crippen molar-refractivity contribution in [2.75, 3.05) is 33.7 Å². The van der Waals surface area contributed by atoms with E-state index in [1.807, 2.05) is 19.0 Å². The summed E-state index contributed by atoms with van der Waals surface area (Å²) in [6, 6.07) is 0. The van der Waals surface area contributed by atoms with E-state index < -0.39 is 0 Å². The van der Waals surface area contributed by atoms with Crippen LogP contribution in [0.4, 0.5) is 0 Å². The summed E-state index contributed by atoms with van der Waals surface area (Å²) in [6.45, 7) is 2.04. The highest BCUT2D eigenvalue weighted by molar-refractivity contribution is 5.79. The molecule has 0 unspecified atom stereocenters. The molecule has 0 aliphatic heterocycles. The zero-order chi connectivity index (χ0) is 12.0. The Kier molecular flexibility index (Phi) is 5.49. The van der Waals surface area contributed by atoms with Gasteiger partial charge in [0.15, 0.2) is 0 Å². The van der Waals surface area contributed by atoms with Crippen LogP contribution in [0.1, 0.15) is 25.7 Å². The summed E-state index contributed by atoms with van der Waals surface area (Å²) in [6.07, 6.45) is 6.43. The molecule has 0 fully saturated rings. The van der Waals surface area contributed by atoms with Crippen LogP contribution < -0.4 is 5.73 Å². The molecule has 0 saturated heterocycles. The highest BCUT2D eigenvalue weighted by Crippen LogP contribution is 2.20. The fourth-order valence-corrected chi connectivity index (χ4v) is 1.90. The summed E-state index contributed by atoms with van der Waals surface area (Å²) in [5.41, 5.74) is 6.61. The number of allylic oxidation sites excluding steroid dienone is 2. The molecule has 0 saturated carbocycles. The Hall–Kier alpha value is -0.870. The maximum absolute atomic E-state index is 11.9. The van der Waals surface area contributed by atoms with E-state index in [-0.39, 0.29) is 5.91 Å². The number of likely N-dealkylation sites (N-methyl/N-ethyl adjacent to an activating group) is 2. The number of hydrogen-bond donors (Lipinski definition) is 1. The molecule has 92 valence electrons. The van der Waals surface area contributed by atoms with Gasteiger partial charge in [-0.05, 0) is 45.8 Å². The average Bonchev–Trinajstić information content (AvgIpc) is 2.78. The Labute approximate surface area is 98.1 Å². The fourth-order valence-electron chi connectivity index (χ4n) is 1.90. The Morgan fingerprint density at radius 3 is 2.81 bits per heavy atom. The number of carbonyl (C=O) groups is 1. The van der Waals surface area contributed by atoms with Crippen LogP contribution in [0.3, 0.4) is 0 Å². The van der Waals surface area contributed by atoms with Crippen LogP contribution in [-0.2, 0) is 4.79 Å². The van der Waals surface area contributed by atoms with E-state index in [4.69, 9.17) is 5.73 Å². The van der Waals surface area contributed by atoms with Crippen LogP contribution in [0.15, 0.2) is 11.8 Å². The topological polar surface area (TPSA) is 49.6 Å². The number of carbonyl (C=O) groups excluding carboxylic acids is 1. The van der Waals surface area contributed by atoms with Crippen LogP contribution in [-0.4, -0.2) is 49.4 Å². The van der Waals surface area contributed by atoms with Crippen molar-refractivity contribution in [3.8, 4) is 0 Å². The van der Waals surface area contributed by atoms with Crippen LogP contribution in [0.5, 0.6) is 0 Å². The molecule has 0 bridgehead atoms. The molecular formula is C12H23N3O. The van der Waals surface area contributed by atoms with Crippen molar-refractivity contribution < 1.29 is 4.79 Å². The van der Waals surface area contributed by atoms with E-state index in [2.05, 4.69) is 6.08 Å². The summed E-state index contributed by atoms with van der Waals surface area (Å²) < 4.78 is 0. The molecule has 1 amide bonds. The number of amides is 1.